The van der Waals surface area contributed by atoms with E-state index in [0.717, 1.165) is 25.5 Å². The molecule has 0 aliphatic heterocycles. The molecule has 0 spiro atoms. The van der Waals surface area contributed by atoms with Crippen LogP contribution >= 0.6 is 0 Å². The van der Waals surface area contributed by atoms with E-state index < -0.39 is 0 Å². The van der Waals surface area contributed by atoms with Gasteiger partial charge < -0.3 is 10.1 Å². The molecule has 19 heavy (non-hydrogen) atoms. The smallest absolute Gasteiger partial charge is 0.0806 e. The summed E-state index contributed by atoms with van der Waals surface area (Å²) in [5.41, 5.74) is 0.491. The van der Waals surface area contributed by atoms with Crippen molar-refractivity contribution in [2.24, 2.45) is 11.3 Å². The highest BCUT2D eigenvalue weighted by Crippen LogP contribution is 2.37. The third kappa shape index (κ3) is 6.27. The number of ether oxygens (including phenoxy) is 1. The van der Waals surface area contributed by atoms with Crippen molar-refractivity contribution in [3.63, 3.8) is 0 Å². The molecule has 1 aliphatic rings. The summed E-state index contributed by atoms with van der Waals surface area (Å²) in [6, 6.07) is 0. The van der Waals surface area contributed by atoms with Gasteiger partial charge in [0, 0.05) is 13.2 Å². The molecule has 1 N–H and O–H groups in total. The summed E-state index contributed by atoms with van der Waals surface area (Å²) in [4.78, 5) is 0. The standard InChI is InChI=1S/C17H35NO/c1-6-7-15-8-10-17(11-9-15,14-18-5)19-13-12-16(2,3)4/h15,18H,6-14H2,1-5H3. The fourth-order valence-corrected chi connectivity index (χ4v) is 3.17. The van der Waals surface area contributed by atoms with Gasteiger partial charge in [0.05, 0.1) is 5.60 Å². The molecular weight excluding hydrogens is 234 g/mol. The number of nitrogens with one attached hydrogen (secondary N) is 1. The van der Waals surface area contributed by atoms with Gasteiger partial charge in [-0.25, -0.2) is 0 Å². The van der Waals surface area contributed by atoms with Crippen molar-refractivity contribution in [3.05, 3.63) is 0 Å². The molecule has 1 rings (SSSR count). The lowest BCUT2D eigenvalue weighted by atomic mass is 9.77. The maximum atomic E-state index is 6.35. The van der Waals surface area contributed by atoms with E-state index in [2.05, 4.69) is 33.0 Å². The van der Waals surface area contributed by atoms with Gasteiger partial charge in [0.1, 0.15) is 0 Å². The van der Waals surface area contributed by atoms with E-state index in [9.17, 15) is 0 Å². The average molecular weight is 269 g/mol. The largest absolute Gasteiger partial charge is 0.374 e. The summed E-state index contributed by atoms with van der Waals surface area (Å²) in [5.74, 6) is 0.946. The Kier molecular flexibility index (Phi) is 6.82. The van der Waals surface area contributed by atoms with E-state index >= 15 is 0 Å². The van der Waals surface area contributed by atoms with Crippen LogP contribution in [0.15, 0.2) is 0 Å². The van der Waals surface area contributed by atoms with Crippen molar-refractivity contribution in [1.82, 2.24) is 5.32 Å². The molecule has 0 amide bonds. The van der Waals surface area contributed by atoms with Crippen LogP contribution in [0.5, 0.6) is 0 Å². The first-order valence-electron chi connectivity index (χ1n) is 8.19. The lowest BCUT2D eigenvalue weighted by Crippen LogP contribution is -2.45. The normalized spacial score (nSPS) is 28.6. The quantitative estimate of drug-likeness (QED) is 0.740. The summed E-state index contributed by atoms with van der Waals surface area (Å²) in [7, 11) is 2.05. The lowest BCUT2D eigenvalue weighted by molar-refractivity contribution is -0.0823. The zero-order valence-electron chi connectivity index (χ0n) is 13.8. The zero-order chi connectivity index (χ0) is 14.4. The molecule has 2 nitrogen and oxygen atoms in total. The lowest BCUT2D eigenvalue weighted by Gasteiger charge is -2.40. The van der Waals surface area contributed by atoms with E-state index in [1.54, 1.807) is 0 Å². The van der Waals surface area contributed by atoms with Gasteiger partial charge >= 0.3 is 0 Å². The molecule has 0 radical (unpaired) electrons. The average Bonchev–Trinajstić information content (AvgIpc) is 2.31. The summed E-state index contributed by atoms with van der Waals surface area (Å²) >= 11 is 0. The molecule has 0 aromatic rings. The van der Waals surface area contributed by atoms with Gasteiger partial charge in [0.15, 0.2) is 0 Å². The second kappa shape index (κ2) is 7.64. The van der Waals surface area contributed by atoms with Gasteiger partial charge in [-0.05, 0) is 50.5 Å². The van der Waals surface area contributed by atoms with Crippen LogP contribution < -0.4 is 5.32 Å². The molecule has 1 fully saturated rings. The summed E-state index contributed by atoms with van der Waals surface area (Å²) in [6.07, 6.45) is 9.06. The predicted octanol–water partition coefficient (Wildman–Crippen LogP) is 4.39. The highest BCUT2D eigenvalue weighted by Gasteiger charge is 2.35. The second-order valence-corrected chi connectivity index (χ2v) is 7.60. The van der Waals surface area contributed by atoms with Crippen LogP contribution in [0.3, 0.4) is 0 Å². The van der Waals surface area contributed by atoms with Crippen LogP contribution in [0.25, 0.3) is 0 Å². The molecule has 114 valence electrons. The Bertz CT molecular complexity index is 236. The summed E-state index contributed by atoms with van der Waals surface area (Å²) < 4.78 is 6.35. The molecule has 0 unspecified atom stereocenters. The Morgan fingerprint density at radius 1 is 1.21 bits per heavy atom. The maximum absolute atomic E-state index is 6.35. The molecule has 0 atom stereocenters. The Hall–Kier alpha value is -0.0800. The van der Waals surface area contributed by atoms with Crippen molar-refractivity contribution < 1.29 is 4.74 Å². The topological polar surface area (TPSA) is 21.3 Å². The SMILES string of the molecule is CCCC1CCC(CNC)(OCCC(C)(C)C)CC1. The van der Waals surface area contributed by atoms with Crippen LogP contribution in [0.1, 0.15) is 72.6 Å². The van der Waals surface area contributed by atoms with E-state index in [1.165, 1.54) is 38.5 Å². The molecule has 0 heterocycles. The highest BCUT2D eigenvalue weighted by atomic mass is 16.5. The summed E-state index contributed by atoms with van der Waals surface area (Å²) in [5, 5.41) is 3.35. The van der Waals surface area contributed by atoms with E-state index in [0.29, 0.717) is 5.41 Å². The highest BCUT2D eigenvalue weighted by molar-refractivity contribution is 4.89. The summed E-state index contributed by atoms with van der Waals surface area (Å²) in [6.45, 7) is 11.1. The van der Waals surface area contributed by atoms with Crippen LogP contribution in [0, 0.1) is 11.3 Å². The van der Waals surface area contributed by atoms with Crippen molar-refractivity contribution in [2.75, 3.05) is 20.2 Å². The molecular formula is C17H35NO. The minimum Gasteiger partial charge on any atom is -0.374 e. The van der Waals surface area contributed by atoms with Gasteiger partial charge in [0.25, 0.3) is 0 Å². The minimum absolute atomic E-state index is 0.115. The Labute approximate surface area is 120 Å². The first-order valence-corrected chi connectivity index (χ1v) is 8.19. The van der Waals surface area contributed by atoms with Crippen LogP contribution in [-0.2, 0) is 4.74 Å². The van der Waals surface area contributed by atoms with E-state index in [-0.39, 0.29) is 5.60 Å². The molecule has 1 aliphatic carbocycles. The number of hydrogen-bond donors (Lipinski definition) is 1. The fraction of sp³-hybridized carbons (Fsp3) is 1.00. The van der Waals surface area contributed by atoms with Crippen LogP contribution in [-0.4, -0.2) is 25.8 Å². The number of rotatable bonds is 7. The molecule has 0 saturated heterocycles. The fourth-order valence-electron chi connectivity index (χ4n) is 3.17. The Balaban J connectivity index is 2.43. The first kappa shape index (κ1) is 17.0. The first-order chi connectivity index (χ1) is 8.91. The molecule has 0 aromatic carbocycles. The minimum atomic E-state index is 0.115. The molecule has 0 aromatic heterocycles. The maximum Gasteiger partial charge on any atom is 0.0806 e. The van der Waals surface area contributed by atoms with Gasteiger partial charge in [-0.3, -0.25) is 0 Å². The zero-order valence-corrected chi connectivity index (χ0v) is 13.8. The number of hydrogen-bond acceptors (Lipinski definition) is 2. The van der Waals surface area contributed by atoms with Crippen molar-refractivity contribution in [1.29, 1.82) is 0 Å². The second-order valence-electron chi connectivity index (χ2n) is 7.60. The van der Waals surface area contributed by atoms with Gasteiger partial charge in [-0.2, -0.15) is 0 Å². The molecule has 0 bridgehead atoms. The van der Waals surface area contributed by atoms with Crippen LogP contribution in [0.4, 0.5) is 0 Å². The third-order valence-corrected chi connectivity index (χ3v) is 4.47. The van der Waals surface area contributed by atoms with Crippen molar-refractivity contribution in [2.45, 2.75) is 78.2 Å². The third-order valence-electron chi connectivity index (χ3n) is 4.47. The monoisotopic (exact) mass is 269 g/mol. The predicted molar refractivity (Wildman–Crippen MR) is 83.5 cm³/mol. The van der Waals surface area contributed by atoms with Crippen LogP contribution in [0.2, 0.25) is 0 Å². The Morgan fingerprint density at radius 3 is 2.32 bits per heavy atom. The van der Waals surface area contributed by atoms with Gasteiger partial charge in [-0.1, -0.05) is 40.5 Å². The molecule has 1 saturated carbocycles. The van der Waals surface area contributed by atoms with Gasteiger partial charge in [0.2, 0.25) is 0 Å². The molecule has 2 heteroatoms. The van der Waals surface area contributed by atoms with Gasteiger partial charge in [-0.15, -0.1) is 0 Å². The van der Waals surface area contributed by atoms with Crippen molar-refractivity contribution >= 4 is 0 Å². The van der Waals surface area contributed by atoms with E-state index in [4.69, 9.17) is 4.74 Å². The van der Waals surface area contributed by atoms with Crippen molar-refractivity contribution in [3.8, 4) is 0 Å². The Morgan fingerprint density at radius 2 is 1.84 bits per heavy atom. The number of likely N-dealkylation sites (N-methyl/N-ethyl adjacent to an activating group) is 1. The van der Waals surface area contributed by atoms with E-state index in [1.807, 2.05) is 7.05 Å².